The van der Waals surface area contributed by atoms with Crippen molar-refractivity contribution in [1.29, 1.82) is 0 Å². The summed E-state index contributed by atoms with van der Waals surface area (Å²) in [6, 6.07) is 7.66. The molecule has 1 aliphatic rings. The van der Waals surface area contributed by atoms with Gasteiger partial charge in [-0.05, 0) is 29.3 Å². The summed E-state index contributed by atoms with van der Waals surface area (Å²) in [6.07, 6.45) is 3.18. The van der Waals surface area contributed by atoms with Crippen LogP contribution in [0, 0.1) is 0 Å². The zero-order valence-electron chi connectivity index (χ0n) is 14.4. The highest BCUT2D eigenvalue weighted by Gasteiger charge is 2.28. The summed E-state index contributed by atoms with van der Waals surface area (Å²) in [5, 5.41) is 0.405. The Morgan fingerprint density at radius 1 is 1.22 bits per heavy atom. The van der Waals surface area contributed by atoms with Crippen molar-refractivity contribution in [2.45, 2.75) is 13.1 Å². The highest BCUT2D eigenvalue weighted by Crippen LogP contribution is 2.27. The molecule has 0 unspecified atom stereocenters. The van der Waals surface area contributed by atoms with Crippen LogP contribution in [0.3, 0.4) is 0 Å². The Morgan fingerprint density at radius 2 is 2.07 bits per heavy atom. The van der Waals surface area contributed by atoms with Gasteiger partial charge >= 0.3 is 0 Å². The Hall–Kier alpha value is -2.64. The quantitative estimate of drug-likeness (QED) is 0.624. The average Bonchev–Trinajstić information content (AvgIpc) is 3.11. The van der Waals surface area contributed by atoms with Gasteiger partial charge in [-0.15, -0.1) is 0 Å². The van der Waals surface area contributed by atoms with E-state index >= 15 is 0 Å². The van der Waals surface area contributed by atoms with Gasteiger partial charge in [-0.2, -0.15) is 0 Å². The fourth-order valence-corrected chi connectivity index (χ4v) is 3.33. The monoisotopic (exact) mass is 403 g/mol. The summed E-state index contributed by atoms with van der Waals surface area (Å²) in [7, 11) is 1.62. The molecule has 3 aromatic rings. The van der Waals surface area contributed by atoms with Crippen LogP contribution in [0.25, 0.3) is 11.4 Å². The first-order chi connectivity index (χ1) is 13.0. The number of aromatic nitrogens is 4. The zero-order valence-corrected chi connectivity index (χ0v) is 15.9. The Bertz CT molecular complexity index is 1020. The minimum atomic E-state index is -0.147. The molecule has 9 heteroatoms. The predicted octanol–water partition coefficient (Wildman–Crippen LogP) is 3.31. The molecule has 0 fully saturated rings. The van der Waals surface area contributed by atoms with Gasteiger partial charge < -0.3 is 14.2 Å². The lowest BCUT2D eigenvalue weighted by Crippen LogP contribution is -2.39. The zero-order chi connectivity index (χ0) is 19.0. The number of halogens is 2. The van der Waals surface area contributed by atoms with Crippen LogP contribution in [-0.2, 0) is 13.1 Å². The Balaban J connectivity index is 1.61. The Morgan fingerprint density at radius 3 is 2.89 bits per heavy atom. The SMILES string of the molecule is COc1cccc(CN2CCn3cc(-c4nc(Cl)ncc4Cl)nc3C2=O)c1. The third kappa shape index (κ3) is 3.48. The Kier molecular flexibility index (Phi) is 4.72. The van der Waals surface area contributed by atoms with Crippen LogP contribution in [0.4, 0.5) is 0 Å². The van der Waals surface area contributed by atoms with E-state index in [1.54, 1.807) is 18.2 Å². The number of nitrogens with zero attached hydrogens (tertiary/aromatic N) is 5. The molecule has 3 heterocycles. The second-order valence-corrected chi connectivity index (χ2v) is 6.80. The van der Waals surface area contributed by atoms with E-state index in [0.29, 0.717) is 41.9 Å². The van der Waals surface area contributed by atoms with E-state index in [0.717, 1.165) is 11.3 Å². The van der Waals surface area contributed by atoms with Crippen LogP contribution in [0.5, 0.6) is 5.75 Å². The molecule has 7 nitrogen and oxygen atoms in total. The smallest absolute Gasteiger partial charge is 0.290 e. The first kappa shape index (κ1) is 17.8. The third-order valence-electron chi connectivity index (χ3n) is 4.33. The van der Waals surface area contributed by atoms with Crippen LogP contribution in [-0.4, -0.2) is 44.0 Å². The second-order valence-electron chi connectivity index (χ2n) is 6.06. The molecule has 1 aromatic carbocycles. The molecule has 0 aliphatic carbocycles. The topological polar surface area (TPSA) is 73.1 Å². The lowest BCUT2D eigenvalue weighted by atomic mass is 10.2. The maximum absolute atomic E-state index is 12.9. The molecule has 0 radical (unpaired) electrons. The molecular weight excluding hydrogens is 389 g/mol. The van der Waals surface area contributed by atoms with Gasteiger partial charge in [-0.25, -0.2) is 15.0 Å². The largest absolute Gasteiger partial charge is 0.497 e. The number of ether oxygens (including phenoxy) is 1. The molecular formula is C18H15Cl2N5O2. The first-order valence-electron chi connectivity index (χ1n) is 8.23. The molecule has 0 N–H and O–H groups in total. The molecule has 0 saturated carbocycles. The molecule has 4 rings (SSSR count). The standard InChI is InChI=1S/C18H15Cl2N5O2/c1-27-12-4-2-3-11(7-12)9-25-6-5-24-10-14(22-16(24)17(25)26)15-13(19)8-21-18(20)23-15/h2-4,7-8,10H,5-6,9H2,1H3. The summed E-state index contributed by atoms with van der Waals surface area (Å²) in [4.78, 5) is 27.1. The van der Waals surface area contributed by atoms with E-state index < -0.39 is 0 Å². The van der Waals surface area contributed by atoms with E-state index in [9.17, 15) is 4.79 Å². The fraction of sp³-hybridized carbons (Fsp3) is 0.222. The molecule has 1 amide bonds. The van der Waals surface area contributed by atoms with E-state index in [4.69, 9.17) is 27.9 Å². The van der Waals surface area contributed by atoms with Crippen molar-refractivity contribution in [3.05, 3.63) is 58.4 Å². The van der Waals surface area contributed by atoms with Crippen molar-refractivity contribution in [1.82, 2.24) is 24.4 Å². The first-order valence-corrected chi connectivity index (χ1v) is 8.98. The molecule has 2 aromatic heterocycles. The highest BCUT2D eigenvalue weighted by atomic mass is 35.5. The second kappa shape index (κ2) is 7.17. The van der Waals surface area contributed by atoms with Gasteiger partial charge in [0.05, 0.1) is 18.3 Å². The van der Waals surface area contributed by atoms with Crippen LogP contribution in [0.2, 0.25) is 10.3 Å². The number of amides is 1. The van der Waals surface area contributed by atoms with Gasteiger partial charge in [0.25, 0.3) is 5.91 Å². The van der Waals surface area contributed by atoms with E-state index in [1.807, 2.05) is 28.8 Å². The fourth-order valence-electron chi connectivity index (χ4n) is 3.01. The van der Waals surface area contributed by atoms with Gasteiger partial charge in [0.15, 0.2) is 5.82 Å². The van der Waals surface area contributed by atoms with Crippen molar-refractivity contribution in [2.75, 3.05) is 13.7 Å². The number of fused-ring (bicyclic) bond motifs is 1. The molecule has 27 heavy (non-hydrogen) atoms. The highest BCUT2D eigenvalue weighted by molar-refractivity contribution is 6.33. The summed E-state index contributed by atoms with van der Waals surface area (Å²) in [6.45, 7) is 1.70. The summed E-state index contributed by atoms with van der Waals surface area (Å²) in [5.41, 5.74) is 1.90. The molecule has 0 spiro atoms. The average molecular weight is 404 g/mol. The summed E-state index contributed by atoms with van der Waals surface area (Å²) in [5.74, 6) is 0.965. The number of carbonyl (C=O) groups is 1. The number of carbonyl (C=O) groups excluding carboxylic acids is 1. The Labute approximate surface area is 165 Å². The maximum atomic E-state index is 12.9. The normalized spacial score (nSPS) is 13.6. The molecule has 0 atom stereocenters. The number of methoxy groups -OCH3 is 1. The predicted molar refractivity (Wildman–Crippen MR) is 101 cm³/mol. The summed E-state index contributed by atoms with van der Waals surface area (Å²) >= 11 is 12.0. The van der Waals surface area contributed by atoms with E-state index in [1.165, 1.54) is 6.20 Å². The molecule has 1 aliphatic heterocycles. The van der Waals surface area contributed by atoms with Crippen LogP contribution >= 0.6 is 23.2 Å². The van der Waals surface area contributed by atoms with Crippen molar-refractivity contribution in [3.8, 4) is 17.1 Å². The van der Waals surface area contributed by atoms with Crippen LogP contribution in [0.1, 0.15) is 16.2 Å². The number of imidazole rings is 1. The third-order valence-corrected chi connectivity index (χ3v) is 4.79. The van der Waals surface area contributed by atoms with Crippen molar-refractivity contribution >= 4 is 29.1 Å². The van der Waals surface area contributed by atoms with Gasteiger partial charge in [0.2, 0.25) is 5.28 Å². The molecule has 0 saturated heterocycles. The maximum Gasteiger partial charge on any atom is 0.290 e. The number of rotatable bonds is 4. The van der Waals surface area contributed by atoms with E-state index in [-0.39, 0.29) is 11.2 Å². The minimum Gasteiger partial charge on any atom is -0.497 e. The molecule has 0 bridgehead atoms. The van der Waals surface area contributed by atoms with Gasteiger partial charge in [0.1, 0.15) is 17.1 Å². The lowest BCUT2D eigenvalue weighted by molar-refractivity contribution is 0.0683. The number of benzene rings is 1. The molecule has 138 valence electrons. The lowest BCUT2D eigenvalue weighted by Gasteiger charge is -2.27. The minimum absolute atomic E-state index is 0.0753. The van der Waals surface area contributed by atoms with Gasteiger partial charge in [0, 0.05) is 25.8 Å². The van der Waals surface area contributed by atoms with E-state index in [2.05, 4.69) is 15.0 Å². The van der Waals surface area contributed by atoms with Gasteiger partial charge in [-0.3, -0.25) is 4.79 Å². The van der Waals surface area contributed by atoms with Crippen LogP contribution < -0.4 is 4.74 Å². The van der Waals surface area contributed by atoms with Crippen LogP contribution in [0.15, 0.2) is 36.7 Å². The number of hydrogen-bond donors (Lipinski definition) is 0. The number of hydrogen-bond acceptors (Lipinski definition) is 5. The summed E-state index contributed by atoms with van der Waals surface area (Å²) < 4.78 is 7.06. The van der Waals surface area contributed by atoms with Crippen molar-refractivity contribution in [2.24, 2.45) is 0 Å². The van der Waals surface area contributed by atoms with Crippen molar-refractivity contribution in [3.63, 3.8) is 0 Å². The van der Waals surface area contributed by atoms with Gasteiger partial charge in [-0.1, -0.05) is 23.7 Å². The van der Waals surface area contributed by atoms with Crippen molar-refractivity contribution < 1.29 is 9.53 Å².